The SMILES string of the molecule is c1ccc(-c2c3c(c(-c4ccccc4)c4ccccc24)-c2ccc(-c4ccc5cc(-c6ccc(-c7cn8c(ccc9ccccc98)n7)cc6)ccc5c4)c4cccc-3c24)cc1. The lowest BCUT2D eigenvalue weighted by molar-refractivity contribution is 1.26. The Bertz CT molecular complexity index is 3640. The molecule has 0 amide bonds. The minimum absolute atomic E-state index is 0.956. The molecule has 0 radical (unpaired) electrons. The maximum absolute atomic E-state index is 4.96. The molecule has 0 saturated heterocycles. The highest BCUT2D eigenvalue weighted by Crippen LogP contribution is 2.58. The third-order valence-electron chi connectivity index (χ3n) is 12.9. The van der Waals surface area contributed by atoms with Crippen LogP contribution < -0.4 is 0 Å². The van der Waals surface area contributed by atoms with Gasteiger partial charge in [-0.05, 0) is 135 Å². The number of hydrogen-bond acceptors (Lipinski definition) is 1. The quantitative estimate of drug-likeness (QED) is 0.170. The van der Waals surface area contributed by atoms with E-state index in [4.69, 9.17) is 4.98 Å². The highest BCUT2D eigenvalue weighted by molar-refractivity contribution is 6.28. The lowest BCUT2D eigenvalue weighted by atomic mass is 9.82. The molecule has 2 heterocycles. The number of benzene rings is 10. The van der Waals surface area contributed by atoms with Gasteiger partial charge in [-0.1, -0.05) is 182 Å². The number of fused-ring (bicyclic) bond motifs is 8. The Balaban J connectivity index is 0.905. The summed E-state index contributed by atoms with van der Waals surface area (Å²) in [7, 11) is 0. The van der Waals surface area contributed by atoms with Gasteiger partial charge < -0.3 is 0 Å². The number of para-hydroxylation sites is 1. The van der Waals surface area contributed by atoms with Gasteiger partial charge in [-0.25, -0.2) is 4.98 Å². The Morgan fingerprint density at radius 2 is 0.852 bits per heavy atom. The number of aromatic nitrogens is 2. The lowest BCUT2D eigenvalue weighted by Gasteiger charge is -2.20. The van der Waals surface area contributed by atoms with Gasteiger partial charge in [0.2, 0.25) is 0 Å². The lowest BCUT2D eigenvalue weighted by Crippen LogP contribution is -1.93. The van der Waals surface area contributed by atoms with Crippen LogP contribution in [0.25, 0.3) is 127 Å². The molecule has 0 spiro atoms. The zero-order valence-electron chi connectivity index (χ0n) is 33.2. The van der Waals surface area contributed by atoms with Crippen molar-refractivity contribution >= 4 is 48.9 Å². The predicted molar refractivity (Wildman–Crippen MR) is 257 cm³/mol. The molecule has 2 nitrogen and oxygen atoms in total. The molecule has 0 fully saturated rings. The molecular weight excluding hydrogens is 737 g/mol. The minimum Gasteiger partial charge on any atom is -0.299 e. The van der Waals surface area contributed by atoms with Crippen molar-refractivity contribution in [1.82, 2.24) is 9.38 Å². The second kappa shape index (κ2) is 13.2. The van der Waals surface area contributed by atoms with Gasteiger partial charge >= 0.3 is 0 Å². The van der Waals surface area contributed by atoms with Crippen molar-refractivity contribution in [2.75, 3.05) is 0 Å². The van der Waals surface area contributed by atoms with Crippen molar-refractivity contribution in [1.29, 1.82) is 0 Å². The van der Waals surface area contributed by atoms with E-state index in [2.05, 4.69) is 223 Å². The fourth-order valence-electron chi connectivity index (χ4n) is 10.1. The fraction of sp³-hybridized carbons (Fsp3) is 0. The molecule has 0 aliphatic heterocycles. The average Bonchev–Trinajstić information content (AvgIpc) is 3.92. The summed E-state index contributed by atoms with van der Waals surface area (Å²) < 4.78 is 2.18. The van der Waals surface area contributed by atoms with E-state index >= 15 is 0 Å². The third-order valence-corrected chi connectivity index (χ3v) is 12.9. The standard InChI is InChI=1S/C59H36N2/c1-3-13-40(14-4-1)55-48-17-8-9-18-49(48)56(41-15-5-2-6-16-41)59-51-32-31-46(47-19-11-20-50(57(47)51)58(55)59)45-29-28-43-34-42(26-27-44(43)35-45)37-22-24-38(25-23-37)52-36-61-53-21-10-7-12-39(53)30-33-54(61)60-52/h1-36H. The van der Waals surface area contributed by atoms with E-state index in [1.165, 1.54) is 104 Å². The van der Waals surface area contributed by atoms with Crippen molar-refractivity contribution < 1.29 is 0 Å². The van der Waals surface area contributed by atoms with E-state index in [9.17, 15) is 0 Å². The van der Waals surface area contributed by atoms with Crippen molar-refractivity contribution in [3.63, 3.8) is 0 Å². The molecule has 10 aromatic carbocycles. The van der Waals surface area contributed by atoms with Gasteiger partial charge in [0.25, 0.3) is 0 Å². The van der Waals surface area contributed by atoms with Crippen molar-refractivity contribution in [2.45, 2.75) is 0 Å². The molecule has 282 valence electrons. The first-order valence-electron chi connectivity index (χ1n) is 21.0. The van der Waals surface area contributed by atoms with Gasteiger partial charge in [-0.3, -0.25) is 4.40 Å². The zero-order valence-corrected chi connectivity index (χ0v) is 33.2. The van der Waals surface area contributed by atoms with Crippen molar-refractivity contribution in [3.8, 4) is 78.0 Å². The molecule has 61 heavy (non-hydrogen) atoms. The Morgan fingerprint density at radius 3 is 1.57 bits per heavy atom. The first-order valence-corrected chi connectivity index (χ1v) is 21.0. The second-order valence-corrected chi connectivity index (χ2v) is 16.3. The molecule has 1 aliphatic carbocycles. The van der Waals surface area contributed by atoms with Gasteiger partial charge in [-0.15, -0.1) is 0 Å². The molecule has 0 N–H and O–H groups in total. The topological polar surface area (TPSA) is 17.3 Å². The molecule has 2 heteroatoms. The van der Waals surface area contributed by atoms with Gasteiger partial charge in [0.1, 0.15) is 5.65 Å². The molecule has 12 aromatic rings. The normalized spacial score (nSPS) is 11.9. The number of pyridine rings is 1. The molecule has 0 bridgehead atoms. The van der Waals surface area contributed by atoms with Crippen LogP contribution in [-0.4, -0.2) is 9.38 Å². The summed E-state index contributed by atoms with van der Waals surface area (Å²) >= 11 is 0. The van der Waals surface area contributed by atoms with E-state index in [-0.39, 0.29) is 0 Å². The first kappa shape index (κ1) is 33.9. The number of rotatable bonds is 5. The number of nitrogens with zero attached hydrogens (tertiary/aromatic N) is 2. The summed E-state index contributed by atoms with van der Waals surface area (Å²) in [5.41, 5.74) is 19.4. The summed E-state index contributed by atoms with van der Waals surface area (Å²) in [5, 5.41) is 8.83. The third kappa shape index (κ3) is 5.19. The Labute approximate surface area is 353 Å². The zero-order chi connectivity index (χ0) is 40.0. The van der Waals surface area contributed by atoms with Crippen LogP contribution in [0.5, 0.6) is 0 Å². The summed E-state index contributed by atoms with van der Waals surface area (Å²) in [5.74, 6) is 0. The van der Waals surface area contributed by atoms with E-state index in [0.29, 0.717) is 0 Å². The van der Waals surface area contributed by atoms with Crippen LogP contribution in [0.1, 0.15) is 0 Å². The number of hydrogen-bond donors (Lipinski definition) is 0. The van der Waals surface area contributed by atoms with E-state index < -0.39 is 0 Å². The van der Waals surface area contributed by atoms with Gasteiger partial charge in [0.15, 0.2) is 0 Å². The Kier molecular flexibility index (Phi) is 7.34. The maximum atomic E-state index is 4.96. The highest BCUT2D eigenvalue weighted by atomic mass is 15.0. The smallest absolute Gasteiger partial charge is 0.137 e. The van der Waals surface area contributed by atoms with Crippen LogP contribution in [0.4, 0.5) is 0 Å². The Hall–Kier alpha value is -8.07. The molecule has 0 unspecified atom stereocenters. The van der Waals surface area contributed by atoms with Crippen LogP contribution in [-0.2, 0) is 0 Å². The second-order valence-electron chi connectivity index (χ2n) is 16.3. The average molecular weight is 773 g/mol. The minimum atomic E-state index is 0.956. The molecule has 2 aromatic heterocycles. The van der Waals surface area contributed by atoms with Crippen molar-refractivity contribution in [2.24, 2.45) is 0 Å². The summed E-state index contributed by atoms with van der Waals surface area (Å²) in [6.07, 6.45) is 2.15. The van der Waals surface area contributed by atoms with Crippen LogP contribution in [0.2, 0.25) is 0 Å². The fourth-order valence-corrected chi connectivity index (χ4v) is 10.1. The molecule has 13 rings (SSSR count). The summed E-state index contributed by atoms with van der Waals surface area (Å²) in [6.45, 7) is 0. The first-order chi connectivity index (χ1) is 30.2. The highest BCUT2D eigenvalue weighted by Gasteiger charge is 2.31. The van der Waals surface area contributed by atoms with Gasteiger partial charge in [0, 0.05) is 11.8 Å². The van der Waals surface area contributed by atoms with Crippen LogP contribution in [0.3, 0.4) is 0 Å². The number of imidazole rings is 1. The maximum Gasteiger partial charge on any atom is 0.137 e. The van der Waals surface area contributed by atoms with E-state index in [1.54, 1.807) is 0 Å². The van der Waals surface area contributed by atoms with Crippen LogP contribution in [0, 0.1) is 0 Å². The molecular formula is C59H36N2. The van der Waals surface area contributed by atoms with Crippen LogP contribution in [0.15, 0.2) is 219 Å². The molecule has 1 aliphatic rings. The largest absolute Gasteiger partial charge is 0.299 e. The van der Waals surface area contributed by atoms with Gasteiger partial charge in [0.05, 0.1) is 11.2 Å². The van der Waals surface area contributed by atoms with Gasteiger partial charge in [-0.2, -0.15) is 0 Å². The Morgan fingerprint density at radius 1 is 0.311 bits per heavy atom. The van der Waals surface area contributed by atoms with E-state index in [0.717, 1.165) is 22.4 Å². The molecule has 0 saturated carbocycles. The molecule has 0 atom stereocenters. The van der Waals surface area contributed by atoms with E-state index in [1.807, 2.05) is 0 Å². The van der Waals surface area contributed by atoms with Crippen LogP contribution >= 0.6 is 0 Å². The van der Waals surface area contributed by atoms with Crippen molar-refractivity contribution in [3.05, 3.63) is 219 Å². The summed E-state index contributed by atoms with van der Waals surface area (Å²) in [4.78, 5) is 4.96. The summed E-state index contributed by atoms with van der Waals surface area (Å²) in [6, 6.07) is 77.8. The monoisotopic (exact) mass is 772 g/mol. The predicted octanol–water partition coefficient (Wildman–Crippen LogP) is 15.9.